The summed E-state index contributed by atoms with van der Waals surface area (Å²) in [6.45, 7) is 0. The summed E-state index contributed by atoms with van der Waals surface area (Å²) in [5, 5.41) is 17.6. The molecule has 1 atom stereocenters. The highest BCUT2D eigenvalue weighted by Crippen LogP contribution is 2.36. The number of benzene rings is 2. The van der Waals surface area contributed by atoms with Crippen molar-refractivity contribution in [2.45, 2.75) is 18.9 Å². The minimum absolute atomic E-state index is 0.0640. The van der Waals surface area contributed by atoms with Crippen molar-refractivity contribution < 1.29 is 14.7 Å². The van der Waals surface area contributed by atoms with Gasteiger partial charge < -0.3 is 16.2 Å². The number of amides is 1. The highest BCUT2D eigenvalue weighted by molar-refractivity contribution is 6.30. The second-order valence-corrected chi connectivity index (χ2v) is 10.6. The van der Waals surface area contributed by atoms with Crippen molar-refractivity contribution >= 4 is 40.8 Å². The van der Waals surface area contributed by atoms with E-state index in [-0.39, 0.29) is 23.3 Å². The quantitative estimate of drug-likeness (QED) is 0.233. The van der Waals surface area contributed by atoms with Crippen LogP contribution >= 0.6 is 11.6 Å². The highest BCUT2D eigenvalue weighted by Gasteiger charge is 2.26. The normalized spacial score (nSPS) is 14.1. The van der Waals surface area contributed by atoms with Crippen LogP contribution in [0.15, 0.2) is 79.3 Å². The fourth-order valence-corrected chi connectivity index (χ4v) is 5.59. The Balaban J connectivity index is 1.29. The van der Waals surface area contributed by atoms with Crippen LogP contribution in [-0.2, 0) is 6.42 Å². The molecule has 1 aliphatic rings. The Morgan fingerprint density at radius 3 is 2.79 bits per heavy atom. The highest BCUT2D eigenvalue weighted by atomic mass is 35.5. The Kier molecular flexibility index (Phi) is 6.36. The number of rotatable bonds is 6. The van der Waals surface area contributed by atoms with Crippen molar-refractivity contribution in [2.24, 2.45) is 0 Å². The zero-order chi connectivity index (χ0) is 29.7. The van der Waals surface area contributed by atoms with Gasteiger partial charge in [-0.2, -0.15) is 5.10 Å². The first-order valence-corrected chi connectivity index (χ1v) is 13.8. The number of phenols is 1. The average molecular weight is 591 g/mol. The average Bonchev–Trinajstić information content (AvgIpc) is 3.73. The summed E-state index contributed by atoms with van der Waals surface area (Å²) in [7, 11) is 0. The maximum atomic E-state index is 13.0. The number of phenolic OH excluding ortho intramolecular Hbond substituents is 1. The number of aromatic hydroxyl groups is 1. The van der Waals surface area contributed by atoms with E-state index < -0.39 is 0 Å². The molecule has 6 aromatic rings. The lowest BCUT2D eigenvalue weighted by Gasteiger charge is -2.16. The lowest BCUT2D eigenvalue weighted by atomic mass is 10.1. The van der Waals surface area contributed by atoms with Gasteiger partial charge in [0.05, 0.1) is 34.6 Å². The van der Waals surface area contributed by atoms with Crippen molar-refractivity contribution in [3.63, 3.8) is 0 Å². The summed E-state index contributed by atoms with van der Waals surface area (Å²) in [5.74, 6) is 1.01. The number of fused-ring (bicyclic) bond motifs is 2. The molecule has 0 saturated heterocycles. The fourth-order valence-electron chi connectivity index (χ4n) is 5.46. The zero-order valence-electron chi connectivity index (χ0n) is 22.5. The largest absolute Gasteiger partial charge is 0.507 e. The zero-order valence-corrected chi connectivity index (χ0v) is 23.2. The first kappa shape index (κ1) is 26.4. The van der Waals surface area contributed by atoms with Crippen LogP contribution in [0.1, 0.15) is 44.3 Å². The van der Waals surface area contributed by atoms with E-state index in [4.69, 9.17) is 27.3 Å². The first-order valence-electron chi connectivity index (χ1n) is 13.4. The molecule has 43 heavy (non-hydrogen) atoms. The van der Waals surface area contributed by atoms with Crippen molar-refractivity contribution in [3.8, 4) is 28.6 Å². The Hall–Kier alpha value is -5.55. The van der Waals surface area contributed by atoms with Crippen molar-refractivity contribution in [2.75, 3.05) is 5.73 Å². The predicted molar refractivity (Wildman–Crippen MR) is 161 cm³/mol. The molecule has 1 aliphatic carbocycles. The molecule has 0 fully saturated rings. The van der Waals surface area contributed by atoms with Gasteiger partial charge in [0.2, 0.25) is 0 Å². The number of hydrogen-bond donors (Lipinski definition) is 3. The Bertz CT molecular complexity index is 2070. The minimum atomic E-state index is -0.324. The molecule has 0 radical (unpaired) electrons. The van der Waals surface area contributed by atoms with Crippen LogP contribution in [0.4, 0.5) is 5.82 Å². The number of pyridine rings is 2. The molecule has 212 valence electrons. The SMILES string of the molecule is Nc1ncccc1-c1nc2ccc(-n3cc(Cl)cn3)nc2n1-c1ccc2c(c1)CC[C@@H]2NC(=O)c1ccc(O)c(C=O)c1. The van der Waals surface area contributed by atoms with Gasteiger partial charge in [0.1, 0.15) is 17.1 Å². The van der Waals surface area contributed by atoms with Gasteiger partial charge in [-0.1, -0.05) is 17.7 Å². The van der Waals surface area contributed by atoms with Crippen LogP contribution in [0.5, 0.6) is 5.75 Å². The third-order valence-corrected chi connectivity index (χ3v) is 7.73. The predicted octanol–water partition coefficient (Wildman–Crippen LogP) is 4.84. The van der Waals surface area contributed by atoms with Crippen LogP contribution in [0.25, 0.3) is 34.1 Å². The Labute approximate surface area is 249 Å². The molecule has 11 nitrogen and oxygen atoms in total. The maximum Gasteiger partial charge on any atom is 0.251 e. The van der Waals surface area contributed by atoms with Gasteiger partial charge in [-0.05, 0) is 78.6 Å². The minimum Gasteiger partial charge on any atom is -0.507 e. The van der Waals surface area contributed by atoms with E-state index in [0.29, 0.717) is 57.5 Å². The van der Waals surface area contributed by atoms with E-state index in [9.17, 15) is 14.7 Å². The molecule has 12 heteroatoms. The number of carbonyl (C=O) groups is 2. The van der Waals surface area contributed by atoms with Gasteiger partial charge in [-0.25, -0.2) is 19.6 Å². The molecule has 1 amide bonds. The van der Waals surface area contributed by atoms with Crippen molar-refractivity contribution in [1.82, 2.24) is 34.6 Å². The first-order chi connectivity index (χ1) is 20.9. The second-order valence-electron chi connectivity index (χ2n) is 10.2. The molecule has 0 aliphatic heterocycles. The standard InChI is InChI=1S/C31H23ClN8O3/c32-20-14-35-39(15-20)27-10-8-25-30(38-27)40(29(36-25)23-2-1-11-34-28(23)33)21-5-6-22-17(13-21)3-7-24(22)37-31(43)18-4-9-26(42)19(12-18)16-41/h1-2,4-6,8-16,24,42H,3,7H2,(H2,33,34)(H,37,43)/t24-/m0/s1. The third-order valence-electron chi connectivity index (χ3n) is 7.54. The summed E-state index contributed by atoms with van der Waals surface area (Å²) in [4.78, 5) is 38.3. The van der Waals surface area contributed by atoms with Gasteiger partial charge in [0, 0.05) is 17.4 Å². The second kappa shape index (κ2) is 10.4. The fraction of sp³-hybridized carbons (Fsp3) is 0.0968. The number of aryl methyl sites for hydroxylation is 1. The summed E-state index contributed by atoms with van der Waals surface area (Å²) in [6.07, 6.45) is 6.83. The van der Waals surface area contributed by atoms with Gasteiger partial charge in [-0.3, -0.25) is 14.2 Å². The summed E-state index contributed by atoms with van der Waals surface area (Å²) in [5.41, 5.74) is 11.5. The van der Waals surface area contributed by atoms with E-state index in [1.807, 2.05) is 41.0 Å². The topological polar surface area (TPSA) is 154 Å². The molecule has 0 spiro atoms. The lowest BCUT2D eigenvalue weighted by molar-refractivity contribution is 0.0936. The van der Waals surface area contributed by atoms with Crippen LogP contribution in [0.3, 0.4) is 0 Å². The number of nitrogen functional groups attached to an aromatic ring is 1. The van der Waals surface area contributed by atoms with Crippen LogP contribution < -0.4 is 11.1 Å². The number of nitrogens with two attached hydrogens (primary N) is 1. The summed E-state index contributed by atoms with van der Waals surface area (Å²) >= 11 is 6.11. The van der Waals surface area contributed by atoms with E-state index in [0.717, 1.165) is 23.2 Å². The molecule has 4 aromatic heterocycles. The summed E-state index contributed by atoms with van der Waals surface area (Å²) in [6, 6.07) is 17.4. The molecule has 0 unspecified atom stereocenters. The molecule has 4 N–H and O–H groups in total. The van der Waals surface area contributed by atoms with Gasteiger partial charge in [0.15, 0.2) is 23.6 Å². The molecular weight excluding hydrogens is 568 g/mol. The van der Waals surface area contributed by atoms with Crippen molar-refractivity contribution in [3.05, 3.63) is 107 Å². The van der Waals surface area contributed by atoms with E-state index in [1.54, 1.807) is 23.3 Å². The molecular formula is C31H23ClN8O3. The van der Waals surface area contributed by atoms with Gasteiger partial charge in [-0.15, -0.1) is 0 Å². The van der Waals surface area contributed by atoms with E-state index >= 15 is 0 Å². The number of carbonyl (C=O) groups excluding carboxylic acids is 2. The van der Waals surface area contributed by atoms with Crippen molar-refractivity contribution in [1.29, 1.82) is 0 Å². The number of nitrogens with zero attached hydrogens (tertiary/aromatic N) is 6. The number of aldehydes is 1. The number of anilines is 1. The van der Waals surface area contributed by atoms with E-state index in [2.05, 4.69) is 21.5 Å². The van der Waals surface area contributed by atoms with Gasteiger partial charge in [0.25, 0.3) is 5.91 Å². The molecule has 0 saturated carbocycles. The van der Waals surface area contributed by atoms with Gasteiger partial charge >= 0.3 is 0 Å². The smallest absolute Gasteiger partial charge is 0.251 e. The van der Waals surface area contributed by atoms with Crippen LogP contribution in [0, 0.1) is 0 Å². The number of halogens is 1. The molecule has 2 aromatic carbocycles. The van der Waals surface area contributed by atoms with E-state index in [1.165, 1.54) is 18.2 Å². The number of nitrogens with one attached hydrogen (secondary N) is 1. The Morgan fingerprint density at radius 2 is 2.00 bits per heavy atom. The number of aromatic nitrogens is 6. The third kappa shape index (κ3) is 4.65. The Morgan fingerprint density at radius 1 is 1.12 bits per heavy atom. The van der Waals surface area contributed by atoms with Crippen LogP contribution in [-0.4, -0.2) is 46.6 Å². The van der Waals surface area contributed by atoms with Crippen LogP contribution in [0.2, 0.25) is 5.02 Å². The summed E-state index contributed by atoms with van der Waals surface area (Å²) < 4.78 is 3.54. The monoisotopic (exact) mass is 590 g/mol. The molecule has 7 rings (SSSR count). The number of hydrogen-bond acceptors (Lipinski definition) is 8. The maximum absolute atomic E-state index is 13.0. The number of imidazole rings is 1. The molecule has 4 heterocycles. The molecule has 0 bridgehead atoms. The lowest BCUT2D eigenvalue weighted by Crippen LogP contribution is -2.27.